The van der Waals surface area contributed by atoms with Crippen molar-refractivity contribution in [1.82, 2.24) is 10.2 Å². The summed E-state index contributed by atoms with van der Waals surface area (Å²) in [7, 11) is 0. The summed E-state index contributed by atoms with van der Waals surface area (Å²) in [6.45, 7) is 5.41. The topological polar surface area (TPSA) is 78.6 Å². The SMILES string of the molecule is CC1C2Cc3ccc(O)cc3C1(CCNC(=O)CN)CCN2CC1CC1. The number of aromatic hydroxyl groups is 1. The van der Waals surface area contributed by atoms with Crippen LogP contribution < -0.4 is 11.1 Å². The first-order valence-corrected chi connectivity index (χ1v) is 10.1. The first-order valence-electron chi connectivity index (χ1n) is 10.1. The molecule has 1 amide bonds. The second-order valence-corrected chi connectivity index (χ2v) is 8.55. The zero-order chi connectivity index (χ0) is 18.3. The molecule has 0 aromatic heterocycles. The molecule has 26 heavy (non-hydrogen) atoms. The Kier molecular flexibility index (Phi) is 4.70. The van der Waals surface area contributed by atoms with E-state index in [2.05, 4.69) is 23.2 Å². The summed E-state index contributed by atoms with van der Waals surface area (Å²) in [4.78, 5) is 14.3. The molecule has 0 spiro atoms. The second kappa shape index (κ2) is 6.86. The predicted octanol–water partition coefficient (Wildman–Crippen LogP) is 1.77. The molecule has 2 aliphatic carbocycles. The molecule has 1 aliphatic heterocycles. The smallest absolute Gasteiger partial charge is 0.233 e. The molecule has 4 rings (SSSR count). The van der Waals surface area contributed by atoms with Crippen LogP contribution in [-0.2, 0) is 16.6 Å². The van der Waals surface area contributed by atoms with Gasteiger partial charge >= 0.3 is 0 Å². The zero-order valence-electron chi connectivity index (χ0n) is 15.7. The van der Waals surface area contributed by atoms with Gasteiger partial charge in [-0.1, -0.05) is 13.0 Å². The largest absolute Gasteiger partial charge is 0.508 e. The molecular formula is C21H31N3O2. The lowest BCUT2D eigenvalue weighted by atomic mass is 9.56. The Morgan fingerprint density at radius 3 is 2.96 bits per heavy atom. The van der Waals surface area contributed by atoms with E-state index in [4.69, 9.17) is 5.73 Å². The molecule has 3 unspecified atom stereocenters. The quantitative estimate of drug-likeness (QED) is 0.725. The maximum Gasteiger partial charge on any atom is 0.233 e. The highest BCUT2D eigenvalue weighted by Crippen LogP contribution is 2.52. The number of fused-ring (bicyclic) bond motifs is 4. The summed E-state index contributed by atoms with van der Waals surface area (Å²) in [5.74, 6) is 1.67. The molecular weight excluding hydrogens is 326 g/mol. The van der Waals surface area contributed by atoms with Crippen molar-refractivity contribution in [3.63, 3.8) is 0 Å². The zero-order valence-corrected chi connectivity index (χ0v) is 15.7. The van der Waals surface area contributed by atoms with Crippen LogP contribution in [0, 0.1) is 11.8 Å². The van der Waals surface area contributed by atoms with Crippen LogP contribution in [-0.4, -0.2) is 48.1 Å². The predicted molar refractivity (Wildman–Crippen MR) is 102 cm³/mol. The van der Waals surface area contributed by atoms with Gasteiger partial charge < -0.3 is 16.2 Å². The van der Waals surface area contributed by atoms with Gasteiger partial charge in [0.15, 0.2) is 0 Å². The Bertz CT molecular complexity index is 688. The number of carbonyl (C=O) groups excluding carboxylic acids is 1. The molecule has 5 nitrogen and oxygen atoms in total. The van der Waals surface area contributed by atoms with Crippen molar-refractivity contribution >= 4 is 5.91 Å². The van der Waals surface area contributed by atoms with Gasteiger partial charge in [-0.25, -0.2) is 0 Å². The molecule has 5 heteroatoms. The number of nitrogens with one attached hydrogen (secondary N) is 1. The minimum Gasteiger partial charge on any atom is -0.508 e. The number of carbonyl (C=O) groups is 1. The lowest BCUT2D eigenvalue weighted by Crippen LogP contribution is -2.60. The number of amides is 1. The fourth-order valence-electron chi connectivity index (χ4n) is 5.38. The molecule has 3 aliphatic rings. The first-order chi connectivity index (χ1) is 12.5. The van der Waals surface area contributed by atoms with Gasteiger partial charge in [-0.3, -0.25) is 9.69 Å². The van der Waals surface area contributed by atoms with Gasteiger partial charge in [0.1, 0.15) is 5.75 Å². The molecule has 2 fully saturated rings. The Morgan fingerprint density at radius 1 is 1.42 bits per heavy atom. The van der Waals surface area contributed by atoms with E-state index in [1.54, 1.807) is 0 Å². The minimum absolute atomic E-state index is 0.0267. The summed E-state index contributed by atoms with van der Waals surface area (Å²) in [6.07, 6.45) is 5.84. The van der Waals surface area contributed by atoms with Crippen molar-refractivity contribution < 1.29 is 9.90 Å². The summed E-state index contributed by atoms with van der Waals surface area (Å²) >= 11 is 0. The molecule has 3 atom stereocenters. The second-order valence-electron chi connectivity index (χ2n) is 8.55. The van der Waals surface area contributed by atoms with Crippen LogP contribution in [0.5, 0.6) is 5.75 Å². The molecule has 1 saturated heterocycles. The molecule has 1 aromatic carbocycles. The van der Waals surface area contributed by atoms with E-state index >= 15 is 0 Å². The number of nitrogens with two attached hydrogens (primary N) is 1. The molecule has 1 aromatic rings. The average molecular weight is 357 g/mol. The van der Waals surface area contributed by atoms with E-state index in [0.29, 0.717) is 24.3 Å². The van der Waals surface area contributed by atoms with Crippen LogP contribution in [0.2, 0.25) is 0 Å². The molecule has 1 saturated carbocycles. The third-order valence-corrected chi connectivity index (χ3v) is 7.09. The highest BCUT2D eigenvalue weighted by atomic mass is 16.3. The Balaban J connectivity index is 1.63. The Labute approximate surface area is 155 Å². The molecule has 1 heterocycles. The van der Waals surface area contributed by atoms with Gasteiger partial charge in [-0.15, -0.1) is 0 Å². The van der Waals surface area contributed by atoms with Gasteiger partial charge in [-0.2, -0.15) is 0 Å². The van der Waals surface area contributed by atoms with Gasteiger partial charge in [0, 0.05) is 24.5 Å². The van der Waals surface area contributed by atoms with E-state index in [1.807, 2.05) is 12.1 Å². The normalized spacial score (nSPS) is 30.7. The molecule has 142 valence electrons. The number of hydrogen-bond donors (Lipinski definition) is 3. The number of phenolic OH excluding ortho intramolecular Hbond substituents is 1. The number of piperidine rings is 1. The van der Waals surface area contributed by atoms with Crippen LogP contribution in [0.1, 0.15) is 43.7 Å². The summed E-state index contributed by atoms with van der Waals surface area (Å²) < 4.78 is 0. The van der Waals surface area contributed by atoms with Gasteiger partial charge in [-0.05, 0) is 73.7 Å². The summed E-state index contributed by atoms with van der Waals surface area (Å²) in [6, 6.07) is 6.46. The van der Waals surface area contributed by atoms with E-state index in [0.717, 1.165) is 31.7 Å². The van der Waals surface area contributed by atoms with E-state index in [9.17, 15) is 9.90 Å². The lowest BCUT2D eigenvalue weighted by molar-refractivity contribution is -0.119. The number of phenols is 1. The number of nitrogens with zero attached hydrogens (tertiary/aromatic N) is 1. The van der Waals surface area contributed by atoms with Crippen molar-refractivity contribution in [1.29, 1.82) is 0 Å². The van der Waals surface area contributed by atoms with E-state index in [-0.39, 0.29) is 17.9 Å². The van der Waals surface area contributed by atoms with Gasteiger partial charge in [0.05, 0.1) is 6.54 Å². The molecule has 2 bridgehead atoms. The van der Waals surface area contributed by atoms with E-state index < -0.39 is 0 Å². The fourth-order valence-corrected chi connectivity index (χ4v) is 5.38. The third-order valence-electron chi connectivity index (χ3n) is 7.09. The van der Waals surface area contributed by atoms with Crippen LogP contribution in [0.25, 0.3) is 0 Å². The van der Waals surface area contributed by atoms with Gasteiger partial charge in [0.25, 0.3) is 0 Å². The van der Waals surface area contributed by atoms with Crippen LogP contribution in [0.3, 0.4) is 0 Å². The summed E-state index contributed by atoms with van der Waals surface area (Å²) in [5, 5.41) is 13.1. The first kappa shape index (κ1) is 17.8. The van der Waals surface area contributed by atoms with Crippen molar-refractivity contribution in [2.75, 3.05) is 26.2 Å². The Morgan fingerprint density at radius 2 is 2.23 bits per heavy atom. The van der Waals surface area contributed by atoms with Crippen LogP contribution in [0.15, 0.2) is 18.2 Å². The average Bonchev–Trinajstić information content (AvgIpc) is 3.44. The third kappa shape index (κ3) is 3.12. The van der Waals surface area contributed by atoms with Crippen molar-refractivity contribution in [3.8, 4) is 5.75 Å². The standard InChI is InChI=1S/C21H31N3O2/c1-14-19-10-16-4-5-17(25)11-18(16)21(14,6-8-23-20(26)12-22)7-9-24(19)13-15-2-3-15/h4-5,11,14-15,19,25H,2-3,6-10,12-13,22H2,1H3,(H,23,26). The number of rotatable bonds is 6. The molecule has 0 radical (unpaired) electrons. The monoisotopic (exact) mass is 357 g/mol. The van der Waals surface area contributed by atoms with Crippen molar-refractivity contribution in [2.24, 2.45) is 17.6 Å². The van der Waals surface area contributed by atoms with Crippen LogP contribution in [0.4, 0.5) is 0 Å². The highest BCUT2D eigenvalue weighted by Gasteiger charge is 2.51. The number of hydrogen-bond acceptors (Lipinski definition) is 4. The number of benzene rings is 1. The van der Waals surface area contributed by atoms with Gasteiger partial charge in [0.2, 0.25) is 5.91 Å². The van der Waals surface area contributed by atoms with E-state index in [1.165, 1.54) is 30.5 Å². The Hall–Kier alpha value is -1.59. The summed E-state index contributed by atoms with van der Waals surface area (Å²) in [5.41, 5.74) is 8.13. The van der Waals surface area contributed by atoms with Crippen LogP contribution >= 0.6 is 0 Å². The van der Waals surface area contributed by atoms with Crippen molar-refractivity contribution in [3.05, 3.63) is 29.3 Å². The number of likely N-dealkylation sites (tertiary alicyclic amines) is 1. The lowest BCUT2D eigenvalue weighted by Gasteiger charge is -2.56. The maximum absolute atomic E-state index is 11.6. The van der Waals surface area contributed by atoms with Crippen molar-refractivity contribution in [2.45, 2.75) is 50.5 Å². The fraction of sp³-hybridized carbons (Fsp3) is 0.667. The minimum atomic E-state index is -0.0938. The highest BCUT2D eigenvalue weighted by molar-refractivity contribution is 5.77. The molecule has 4 N–H and O–H groups in total. The maximum atomic E-state index is 11.6.